The highest BCUT2D eigenvalue weighted by atomic mass is 32.2. The molecule has 0 aliphatic rings. The van der Waals surface area contributed by atoms with Crippen LogP contribution in [-0.4, -0.2) is 24.0 Å². The van der Waals surface area contributed by atoms with Crippen LogP contribution in [0.25, 0.3) is 0 Å². The standard InChI is InChI=1S/C3H5N3O2S2/c1-10(7,8)6-3-4-2-5-9-3/h2H,1H3,(H,4,5,6). The molecule has 5 nitrogen and oxygen atoms in total. The maximum absolute atomic E-state index is 10.5. The van der Waals surface area contributed by atoms with E-state index < -0.39 is 10.0 Å². The summed E-state index contributed by atoms with van der Waals surface area (Å²) in [4.78, 5) is 3.62. The molecule has 1 rings (SSSR count). The van der Waals surface area contributed by atoms with Gasteiger partial charge >= 0.3 is 0 Å². The van der Waals surface area contributed by atoms with Crippen molar-refractivity contribution in [1.82, 2.24) is 9.36 Å². The molecule has 0 radical (unpaired) electrons. The third-order valence-electron chi connectivity index (χ3n) is 0.634. The minimum Gasteiger partial charge on any atom is -0.258 e. The van der Waals surface area contributed by atoms with Gasteiger partial charge in [0.1, 0.15) is 6.33 Å². The summed E-state index contributed by atoms with van der Waals surface area (Å²) in [6, 6.07) is 0. The van der Waals surface area contributed by atoms with Crippen molar-refractivity contribution in [3.05, 3.63) is 6.33 Å². The van der Waals surface area contributed by atoms with Crippen LogP contribution in [0.2, 0.25) is 0 Å². The Morgan fingerprint density at radius 3 is 2.80 bits per heavy atom. The zero-order valence-corrected chi connectivity index (χ0v) is 6.74. The van der Waals surface area contributed by atoms with E-state index in [0.717, 1.165) is 17.8 Å². The van der Waals surface area contributed by atoms with Crippen LogP contribution < -0.4 is 4.72 Å². The van der Waals surface area contributed by atoms with Gasteiger partial charge in [0, 0.05) is 11.5 Å². The van der Waals surface area contributed by atoms with Crippen molar-refractivity contribution < 1.29 is 8.42 Å². The second kappa shape index (κ2) is 2.51. The molecule has 1 N–H and O–H groups in total. The number of aromatic nitrogens is 2. The maximum atomic E-state index is 10.5. The third kappa shape index (κ3) is 2.28. The van der Waals surface area contributed by atoms with E-state index in [0.29, 0.717) is 5.13 Å². The highest BCUT2D eigenvalue weighted by molar-refractivity contribution is 7.92. The molecule has 1 heterocycles. The molecule has 56 valence electrons. The van der Waals surface area contributed by atoms with Gasteiger partial charge in [0.2, 0.25) is 15.2 Å². The minimum absolute atomic E-state index is 0.294. The lowest BCUT2D eigenvalue weighted by atomic mass is 11.2. The Morgan fingerprint density at radius 1 is 1.70 bits per heavy atom. The van der Waals surface area contributed by atoms with Gasteiger partial charge in [-0.1, -0.05) is 0 Å². The lowest BCUT2D eigenvalue weighted by Gasteiger charge is -1.94. The number of nitrogens with zero attached hydrogens (tertiary/aromatic N) is 2. The van der Waals surface area contributed by atoms with Crippen molar-refractivity contribution in [2.24, 2.45) is 0 Å². The van der Waals surface area contributed by atoms with Gasteiger partial charge in [0.25, 0.3) is 0 Å². The molecule has 0 atom stereocenters. The summed E-state index contributed by atoms with van der Waals surface area (Å²) >= 11 is 0.998. The van der Waals surface area contributed by atoms with E-state index in [1.165, 1.54) is 6.33 Å². The molecular weight excluding hydrogens is 174 g/mol. The van der Waals surface area contributed by atoms with Gasteiger partial charge < -0.3 is 0 Å². The highest BCUT2D eigenvalue weighted by Crippen LogP contribution is 2.07. The minimum atomic E-state index is -3.19. The summed E-state index contributed by atoms with van der Waals surface area (Å²) in [7, 11) is -3.19. The van der Waals surface area contributed by atoms with E-state index in [1.54, 1.807) is 0 Å². The van der Waals surface area contributed by atoms with Crippen molar-refractivity contribution in [2.75, 3.05) is 11.0 Å². The van der Waals surface area contributed by atoms with Crippen molar-refractivity contribution in [3.8, 4) is 0 Å². The van der Waals surface area contributed by atoms with Crippen LogP contribution in [0.4, 0.5) is 5.13 Å². The number of anilines is 1. The van der Waals surface area contributed by atoms with Crippen molar-refractivity contribution in [1.29, 1.82) is 0 Å². The van der Waals surface area contributed by atoms with Crippen molar-refractivity contribution in [2.45, 2.75) is 0 Å². The van der Waals surface area contributed by atoms with E-state index in [2.05, 4.69) is 14.1 Å². The molecule has 0 aromatic carbocycles. The van der Waals surface area contributed by atoms with Gasteiger partial charge in [-0.2, -0.15) is 4.37 Å². The quantitative estimate of drug-likeness (QED) is 0.688. The van der Waals surface area contributed by atoms with Gasteiger partial charge in [0.15, 0.2) is 0 Å². The molecule has 1 aromatic heterocycles. The Kier molecular flexibility index (Phi) is 1.86. The number of nitrogens with one attached hydrogen (secondary N) is 1. The van der Waals surface area contributed by atoms with Gasteiger partial charge in [-0.25, -0.2) is 13.4 Å². The van der Waals surface area contributed by atoms with Crippen LogP contribution in [0.5, 0.6) is 0 Å². The van der Waals surface area contributed by atoms with Crippen LogP contribution >= 0.6 is 11.5 Å². The molecule has 0 unspecified atom stereocenters. The van der Waals surface area contributed by atoms with E-state index in [-0.39, 0.29) is 0 Å². The molecule has 0 bridgehead atoms. The largest absolute Gasteiger partial charge is 0.258 e. The fraction of sp³-hybridized carbons (Fsp3) is 0.333. The molecule has 7 heteroatoms. The summed E-state index contributed by atoms with van der Waals surface area (Å²) in [6.07, 6.45) is 2.35. The van der Waals surface area contributed by atoms with Gasteiger partial charge in [-0.15, -0.1) is 0 Å². The predicted molar refractivity (Wildman–Crippen MR) is 38.4 cm³/mol. The number of rotatable bonds is 2. The van der Waals surface area contributed by atoms with Crippen LogP contribution in [0.15, 0.2) is 6.33 Å². The van der Waals surface area contributed by atoms with E-state index in [1.807, 2.05) is 0 Å². The normalized spacial score (nSPS) is 11.3. The lowest BCUT2D eigenvalue weighted by Crippen LogP contribution is -2.08. The number of sulfonamides is 1. The van der Waals surface area contributed by atoms with Gasteiger partial charge in [-0.05, 0) is 0 Å². The zero-order chi connectivity index (χ0) is 7.61. The zero-order valence-electron chi connectivity index (χ0n) is 5.10. The molecule has 0 aliphatic heterocycles. The first kappa shape index (κ1) is 7.42. The highest BCUT2D eigenvalue weighted by Gasteiger charge is 2.02. The second-order valence-electron chi connectivity index (χ2n) is 1.62. The summed E-state index contributed by atoms with van der Waals surface area (Å²) in [6.45, 7) is 0. The fourth-order valence-corrected chi connectivity index (χ4v) is 1.64. The first-order chi connectivity index (χ1) is 4.58. The van der Waals surface area contributed by atoms with Crippen LogP contribution in [0.1, 0.15) is 0 Å². The van der Waals surface area contributed by atoms with E-state index in [4.69, 9.17) is 0 Å². The van der Waals surface area contributed by atoms with Crippen LogP contribution in [0.3, 0.4) is 0 Å². The predicted octanol–water partition coefficient (Wildman–Crippen LogP) is -0.0904. The molecule has 10 heavy (non-hydrogen) atoms. The molecule has 0 fully saturated rings. The molecule has 0 saturated heterocycles. The molecule has 1 aromatic rings. The monoisotopic (exact) mass is 179 g/mol. The summed E-state index contributed by atoms with van der Waals surface area (Å²) in [5.41, 5.74) is 0. The second-order valence-corrected chi connectivity index (χ2v) is 4.15. The Labute approximate surface area is 62.3 Å². The SMILES string of the molecule is CS(=O)(=O)Nc1ncns1. The summed E-state index contributed by atoms with van der Waals surface area (Å²) < 4.78 is 26.8. The number of hydrogen-bond acceptors (Lipinski definition) is 5. The third-order valence-corrected chi connectivity index (χ3v) is 1.91. The Hall–Kier alpha value is -0.690. The molecular formula is C3H5N3O2S2. The Morgan fingerprint density at radius 2 is 2.40 bits per heavy atom. The molecule has 0 amide bonds. The van der Waals surface area contributed by atoms with Crippen molar-refractivity contribution in [3.63, 3.8) is 0 Å². The summed E-state index contributed by atoms with van der Waals surface area (Å²) in [5, 5.41) is 0.294. The fourth-order valence-electron chi connectivity index (χ4n) is 0.377. The Bertz CT molecular complexity index is 290. The smallest absolute Gasteiger partial charge is 0.231 e. The maximum Gasteiger partial charge on any atom is 0.231 e. The average molecular weight is 179 g/mol. The van der Waals surface area contributed by atoms with E-state index >= 15 is 0 Å². The molecule has 0 spiro atoms. The molecule has 0 saturated carbocycles. The topological polar surface area (TPSA) is 72.0 Å². The van der Waals surface area contributed by atoms with Crippen LogP contribution in [-0.2, 0) is 10.0 Å². The Balaban J connectivity index is 2.75. The number of hydrogen-bond donors (Lipinski definition) is 1. The van der Waals surface area contributed by atoms with Crippen LogP contribution in [0, 0.1) is 0 Å². The summed E-state index contributed by atoms with van der Waals surface area (Å²) in [5.74, 6) is 0. The van der Waals surface area contributed by atoms with E-state index in [9.17, 15) is 8.42 Å². The van der Waals surface area contributed by atoms with Gasteiger partial charge in [-0.3, -0.25) is 4.72 Å². The lowest BCUT2D eigenvalue weighted by molar-refractivity contribution is 0.607. The first-order valence-corrected chi connectivity index (χ1v) is 4.99. The van der Waals surface area contributed by atoms with Crippen molar-refractivity contribution >= 4 is 26.7 Å². The van der Waals surface area contributed by atoms with Gasteiger partial charge in [0.05, 0.1) is 6.26 Å². The average Bonchev–Trinajstić information content (AvgIpc) is 2.12. The molecule has 0 aliphatic carbocycles. The first-order valence-electron chi connectivity index (χ1n) is 2.32.